The molecule has 11 heavy (non-hydrogen) atoms. The standard InChI is InChI=1S/C8H10O3/c1-2-6(9)8(10)7-4-3-5-11-7/h2-6,8-10H,1H2/t6-,8+/m1/s1. The minimum absolute atomic E-state index is 0.345. The number of aliphatic hydroxyl groups is 2. The Labute approximate surface area is 64.6 Å². The van der Waals surface area contributed by atoms with Crippen LogP contribution in [0.1, 0.15) is 11.9 Å². The molecule has 60 valence electrons. The second-order valence-electron chi connectivity index (χ2n) is 2.19. The zero-order valence-electron chi connectivity index (χ0n) is 5.97. The van der Waals surface area contributed by atoms with Crippen LogP contribution in [-0.4, -0.2) is 16.3 Å². The van der Waals surface area contributed by atoms with Gasteiger partial charge in [0.05, 0.1) is 6.26 Å². The molecule has 0 aliphatic heterocycles. The molecule has 2 N–H and O–H groups in total. The van der Waals surface area contributed by atoms with Crippen molar-refractivity contribution < 1.29 is 14.6 Å². The van der Waals surface area contributed by atoms with Crippen LogP contribution in [0.3, 0.4) is 0 Å². The molecule has 1 rings (SSSR count). The van der Waals surface area contributed by atoms with Gasteiger partial charge in [0.15, 0.2) is 0 Å². The van der Waals surface area contributed by atoms with Gasteiger partial charge in [-0.25, -0.2) is 0 Å². The summed E-state index contributed by atoms with van der Waals surface area (Å²) < 4.78 is 4.86. The first kappa shape index (κ1) is 8.04. The zero-order valence-corrected chi connectivity index (χ0v) is 5.97. The molecule has 0 bridgehead atoms. The van der Waals surface area contributed by atoms with Gasteiger partial charge in [-0.3, -0.25) is 0 Å². The summed E-state index contributed by atoms with van der Waals surface area (Å²) in [6.07, 6.45) is 0.713. The SMILES string of the molecule is C=C[C@@H](O)[C@H](O)c1ccco1. The highest BCUT2D eigenvalue weighted by Gasteiger charge is 2.16. The van der Waals surface area contributed by atoms with Crippen LogP contribution in [0.25, 0.3) is 0 Å². The third-order valence-corrected chi connectivity index (χ3v) is 1.40. The van der Waals surface area contributed by atoms with Gasteiger partial charge in [0, 0.05) is 0 Å². The average Bonchev–Trinajstić information content (AvgIpc) is 2.53. The molecule has 0 radical (unpaired) electrons. The number of aliphatic hydroxyl groups excluding tert-OH is 2. The van der Waals surface area contributed by atoms with Crippen molar-refractivity contribution in [1.82, 2.24) is 0 Å². The molecule has 2 atom stereocenters. The molecule has 0 spiro atoms. The van der Waals surface area contributed by atoms with Crippen molar-refractivity contribution in [2.75, 3.05) is 0 Å². The quantitative estimate of drug-likeness (QED) is 0.635. The van der Waals surface area contributed by atoms with E-state index >= 15 is 0 Å². The van der Waals surface area contributed by atoms with Gasteiger partial charge in [0.1, 0.15) is 18.0 Å². The summed E-state index contributed by atoms with van der Waals surface area (Å²) in [7, 11) is 0. The Morgan fingerprint density at radius 2 is 2.27 bits per heavy atom. The number of furan rings is 1. The van der Waals surface area contributed by atoms with Gasteiger partial charge in [-0.2, -0.15) is 0 Å². The second-order valence-corrected chi connectivity index (χ2v) is 2.19. The van der Waals surface area contributed by atoms with Crippen molar-refractivity contribution in [3.05, 3.63) is 36.8 Å². The Kier molecular flexibility index (Phi) is 2.46. The predicted molar refractivity (Wildman–Crippen MR) is 39.9 cm³/mol. The normalized spacial score (nSPS) is 15.8. The highest BCUT2D eigenvalue weighted by Crippen LogP contribution is 2.17. The summed E-state index contributed by atoms with van der Waals surface area (Å²) in [5, 5.41) is 18.3. The summed E-state index contributed by atoms with van der Waals surface area (Å²) in [4.78, 5) is 0. The second kappa shape index (κ2) is 3.37. The molecular formula is C8H10O3. The maximum Gasteiger partial charge on any atom is 0.141 e. The topological polar surface area (TPSA) is 53.6 Å². The van der Waals surface area contributed by atoms with Gasteiger partial charge in [0.25, 0.3) is 0 Å². The molecule has 3 nitrogen and oxygen atoms in total. The lowest BCUT2D eigenvalue weighted by Gasteiger charge is -2.10. The number of hydrogen-bond donors (Lipinski definition) is 2. The molecule has 1 aromatic rings. The van der Waals surface area contributed by atoms with E-state index < -0.39 is 12.2 Å². The van der Waals surface area contributed by atoms with E-state index in [1.54, 1.807) is 12.1 Å². The molecule has 1 heterocycles. The van der Waals surface area contributed by atoms with Gasteiger partial charge in [-0.1, -0.05) is 6.08 Å². The number of hydrogen-bond acceptors (Lipinski definition) is 3. The van der Waals surface area contributed by atoms with Crippen molar-refractivity contribution in [3.63, 3.8) is 0 Å². The van der Waals surface area contributed by atoms with Crippen LogP contribution in [0.15, 0.2) is 35.5 Å². The zero-order chi connectivity index (χ0) is 8.27. The van der Waals surface area contributed by atoms with Gasteiger partial charge in [-0.05, 0) is 12.1 Å². The Morgan fingerprint density at radius 3 is 2.73 bits per heavy atom. The highest BCUT2D eigenvalue weighted by molar-refractivity contribution is 5.06. The Morgan fingerprint density at radius 1 is 1.55 bits per heavy atom. The van der Waals surface area contributed by atoms with Crippen LogP contribution in [-0.2, 0) is 0 Å². The summed E-state index contributed by atoms with van der Waals surface area (Å²) in [6.45, 7) is 3.34. The fraction of sp³-hybridized carbons (Fsp3) is 0.250. The van der Waals surface area contributed by atoms with Crippen LogP contribution >= 0.6 is 0 Å². The Hall–Kier alpha value is -1.06. The van der Waals surface area contributed by atoms with E-state index in [2.05, 4.69) is 6.58 Å². The first-order chi connectivity index (χ1) is 5.25. The fourth-order valence-electron chi connectivity index (χ4n) is 0.757. The lowest BCUT2D eigenvalue weighted by molar-refractivity contribution is 0.0337. The van der Waals surface area contributed by atoms with Gasteiger partial charge >= 0.3 is 0 Å². The van der Waals surface area contributed by atoms with Crippen LogP contribution < -0.4 is 0 Å². The molecule has 0 unspecified atom stereocenters. The third-order valence-electron chi connectivity index (χ3n) is 1.40. The van der Waals surface area contributed by atoms with Gasteiger partial charge < -0.3 is 14.6 Å². The van der Waals surface area contributed by atoms with E-state index in [0.29, 0.717) is 5.76 Å². The molecule has 0 aliphatic carbocycles. The Balaban J connectivity index is 2.69. The lowest BCUT2D eigenvalue weighted by Crippen LogP contribution is -2.14. The smallest absolute Gasteiger partial charge is 0.141 e. The molecule has 0 aliphatic rings. The first-order valence-corrected chi connectivity index (χ1v) is 3.28. The van der Waals surface area contributed by atoms with Crippen LogP contribution in [0.5, 0.6) is 0 Å². The molecule has 0 fully saturated rings. The maximum atomic E-state index is 9.26. The first-order valence-electron chi connectivity index (χ1n) is 3.28. The maximum absolute atomic E-state index is 9.26. The lowest BCUT2D eigenvalue weighted by atomic mass is 10.1. The fourth-order valence-corrected chi connectivity index (χ4v) is 0.757. The predicted octanol–water partition coefficient (Wildman–Crippen LogP) is 0.860. The molecule has 0 saturated heterocycles. The molecule has 3 heteroatoms. The van der Waals surface area contributed by atoms with Gasteiger partial charge in [0.2, 0.25) is 0 Å². The monoisotopic (exact) mass is 154 g/mol. The summed E-state index contributed by atoms with van der Waals surface area (Å²) in [5.41, 5.74) is 0. The average molecular weight is 154 g/mol. The van der Waals surface area contributed by atoms with E-state index in [1.165, 1.54) is 12.3 Å². The van der Waals surface area contributed by atoms with E-state index in [9.17, 15) is 5.11 Å². The molecule has 0 saturated carbocycles. The van der Waals surface area contributed by atoms with Gasteiger partial charge in [-0.15, -0.1) is 6.58 Å². The third kappa shape index (κ3) is 1.69. The van der Waals surface area contributed by atoms with E-state index in [-0.39, 0.29) is 0 Å². The molecular weight excluding hydrogens is 144 g/mol. The van der Waals surface area contributed by atoms with Crippen LogP contribution in [0, 0.1) is 0 Å². The van der Waals surface area contributed by atoms with E-state index in [1.807, 2.05) is 0 Å². The summed E-state index contributed by atoms with van der Waals surface area (Å²) >= 11 is 0. The molecule has 0 amide bonds. The highest BCUT2D eigenvalue weighted by atomic mass is 16.4. The minimum atomic E-state index is -1.01. The van der Waals surface area contributed by atoms with E-state index in [0.717, 1.165) is 0 Å². The Bertz CT molecular complexity index is 215. The van der Waals surface area contributed by atoms with Crippen molar-refractivity contribution in [2.24, 2.45) is 0 Å². The van der Waals surface area contributed by atoms with E-state index in [4.69, 9.17) is 9.52 Å². The van der Waals surface area contributed by atoms with Crippen LogP contribution in [0.4, 0.5) is 0 Å². The van der Waals surface area contributed by atoms with Crippen molar-refractivity contribution in [2.45, 2.75) is 12.2 Å². The van der Waals surface area contributed by atoms with Crippen molar-refractivity contribution >= 4 is 0 Å². The number of rotatable bonds is 3. The summed E-state index contributed by atoms with van der Waals surface area (Å²) in [5.74, 6) is 0.345. The van der Waals surface area contributed by atoms with Crippen LogP contribution in [0.2, 0.25) is 0 Å². The summed E-state index contributed by atoms with van der Waals surface area (Å²) in [6, 6.07) is 3.24. The minimum Gasteiger partial charge on any atom is -0.466 e. The van der Waals surface area contributed by atoms with Crippen molar-refractivity contribution in [1.29, 1.82) is 0 Å². The largest absolute Gasteiger partial charge is 0.466 e. The van der Waals surface area contributed by atoms with Crippen molar-refractivity contribution in [3.8, 4) is 0 Å². The molecule has 1 aromatic heterocycles. The molecule has 0 aromatic carbocycles.